The van der Waals surface area contributed by atoms with Crippen LogP contribution in [0.15, 0.2) is 78.9 Å². The number of hydrogen-bond acceptors (Lipinski definition) is 3. The third-order valence-corrected chi connectivity index (χ3v) is 5.49. The van der Waals surface area contributed by atoms with Gasteiger partial charge in [0.15, 0.2) is 11.9 Å². The van der Waals surface area contributed by atoms with Gasteiger partial charge in [0.25, 0.3) is 0 Å². The Labute approximate surface area is 184 Å². The van der Waals surface area contributed by atoms with Crippen LogP contribution in [0.3, 0.4) is 0 Å². The van der Waals surface area contributed by atoms with Gasteiger partial charge in [0.1, 0.15) is 11.5 Å². The molecule has 0 amide bonds. The first-order chi connectivity index (χ1) is 15.3. The molecule has 0 aliphatic carbocycles. The number of nitrogens with zero attached hydrogens (tertiary/aromatic N) is 2. The third-order valence-electron chi connectivity index (χ3n) is 5.49. The van der Waals surface area contributed by atoms with Crippen molar-refractivity contribution in [1.29, 1.82) is 0 Å². The largest absolute Gasteiger partial charge is 0.494 e. The Bertz CT molecular complexity index is 1090. The van der Waals surface area contributed by atoms with Crippen LogP contribution in [0.4, 0.5) is 0 Å². The molecule has 1 atom stereocenters. The maximum Gasteiger partial charge on any atom is 0.156 e. The van der Waals surface area contributed by atoms with Crippen molar-refractivity contribution in [2.45, 2.75) is 45.8 Å². The van der Waals surface area contributed by atoms with E-state index < -0.39 is 0 Å². The minimum absolute atomic E-state index is 0.0997. The molecule has 160 valence electrons. The Balaban J connectivity index is 1.49. The van der Waals surface area contributed by atoms with Crippen LogP contribution >= 0.6 is 0 Å². The van der Waals surface area contributed by atoms with Crippen LogP contribution in [0.1, 0.15) is 44.2 Å². The lowest BCUT2D eigenvalue weighted by Gasteiger charge is -2.19. The Morgan fingerprint density at radius 3 is 2.32 bits per heavy atom. The van der Waals surface area contributed by atoms with Crippen molar-refractivity contribution in [2.75, 3.05) is 6.61 Å². The summed E-state index contributed by atoms with van der Waals surface area (Å²) in [7, 11) is 0. The van der Waals surface area contributed by atoms with E-state index in [1.807, 2.05) is 36.4 Å². The van der Waals surface area contributed by atoms with Crippen LogP contribution in [0.2, 0.25) is 0 Å². The molecule has 1 heterocycles. The highest BCUT2D eigenvalue weighted by molar-refractivity contribution is 5.76. The average Bonchev–Trinajstić information content (AvgIpc) is 3.19. The van der Waals surface area contributed by atoms with Crippen molar-refractivity contribution in [2.24, 2.45) is 0 Å². The Kier molecular flexibility index (Phi) is 6.88. The molecule has 0 radical (unpaired) electrons. The van der Waals surface area contributed by atoms with Crippen molar-refractivity contribution in [1.82, 2.24) is 9.55 Å². The Hall–Kier alpha value is -3.27. The molecule has 0 spiro atoms. The number of aryl methyl sites for hydroxylation is 2. The van der Waals surface area contributed by atoms with E-state index >= 15 is 0 Å². The number of ether oxygens (including phenoxy) is 2. The summed E-state index contributed by atoms with van der Waals surface area (Å²) in [5.74, 6) is 2.76. The minimum Gasteiger partial charge on any atom is -0.494 e. The summed E-state index contributed by atoms with van der Waals surface area (Å²) in [5.41, 5.74) is 3.47. The summed E-state index contributed by atoms with van der Waals surface area (Å²) in [6.45, 7) is 5.79. The fourth-order valence-corrected chi connectivity index (χ4v) is 3.79. The molecule has 0 aliphatic heterocycles. The molecule has 0 saturated carbocycles. The van der Waals surface area contributed by atoms with E-state index in [-0.39, 0.29) is 6.10 Å². The number of benzene rings is 3. The van der Waals surface area contributed by atoms with Crippen LogP contribution in [-0.2, 0) is 13.0 Å². The van der Waals surface area contributed by atoms with Gasteiger partial charge in [-0.05, 0) is 61.2 Å². The Morgan fingerprint density at radius 1 is 0.839 bits per heavy atom. The van der Waals surface area contributed by atoms with Gasteiger partial charge >= 0.3 is 0 Å². The second-order valence-electron chi connectivity index (χ2n) is 7.64. The number of imidazole rings is 1. The quantitative estimate of drug-likeness (QED) is 0.274. The number of rotatable bonds is 10. The summed E-state index contributed by atoms with van der Waals surface area (Å²) in [4.78, 5) is 4.93. The fraction of sp³-hybridized carbons (Fsp3) is 0.296. The van der Waals surface area contributed by atoms with E-state index in [4.69, 9.17) is 14.5 Å². The predicted octanol–water partition coefficient (Wildman–Crippen LogP) is 6.60. The fourth-order valence-electron chi connectivity index (χ4n) is 3.79. The lowest BCUT2D eigenvalue weighted by atomic mass is 10.2. The minimum atomic E-state index is -0.0997. The van der Waals surface area contributed by atoms with Gasteiger partial charge in [-0.15, -0.1) is 0 Å². The Morgan fingerprint density at radius 2 is 1.58 bits per heavy atom. The highest BCUT2D eigenvalue weighted by Crippen LogP contribution is 2.28. The summed E-state index contributed by atoms with van der Waals surface area (Å²) in [5, 5.41) is 0. The van der Waals surface area contributed by atoms with E-state index in [0.717, 1.165) is 54.2 Å². The molecule has 0 aliphatic rings. The monoisotopic (exact) mass is 414 g/mol. The van der Waals surface area contributed by atoms with Gasteiger partial charge in [-0.2, -0.15) is 0 Å². The molecule has 31 heavy (non-hydrogen) atoms. The van der Waals surface area contributed by atoms with E-state index in [9.17, 15) is 0 Å². The predicted molar refractivity (Wildman–Crippen MR) is 126 cm³/mol. The molecular formula is C27H30N2O2. The molecule has 0 saturated heterocycles. The summed E-state index contributed by atoms with van der Waals surface area (Å²) < 4.78 is 14.6. The molecule has 3 aromatic carbocycles. The van der Waals surface area contributed by atoms with Crippen molar-refractivity contribution in [3.63, 3.8) is 0 Å². The van der Waals surface area contributed by atoms with Gasteiger partial charge in [0, 0.05) is 6.54 Å². The zero-order valence-corrected chi connectivity index (χ0v) is 18.3. The smallest absolute Gasteiger partial charge is 0.156 e. The molecular weight excluding hydrogens is 384 g/mol. The number of para-hydroxylation sites is 3. The standard InChI is InChI=1S/C27H30N2O2/c1-3-21-15-17-22(18-16-21)30-20-10-19-29-25-14-9-8-13-24(25)28-27(29)26(4-2)31-23-11-6-5-7-12-23/h5-9,11-18,26H,3-4,10,19-20H2,1-2H3. The van der Waals surface area contributed by atoms with Crippen molar-refractivity contribution in [3.05, 3.63) is 90.3 Å². The SMILES string of the molecule is CCc1ccc(OCCCn2c(C(CC)Oc3ccccc3)nc3ccccc32)cc1. The summed E-state index contributed by atoms with van der Waals surface area (Å²) in [6, 6.07) is 26.6. The van der Waals surface area contributed by atoms with Gasteiger partial charge in [-0.3, -0.25) is 0 Å². The first-order valence-electron chi connectivity index (χ1n) is 11.2. The van der Waals surface area contributed by atoms with E-state index in [2.05, 4.69) is 60.9 Å². The van der Waals surface area contributed by atoms with Crippen molar-refractivity contribution in [3.8, 4) is 11.5 Å². The van der Waals surface area contributed by atoms with Gasteiger partial charge in [0.2, 0.25) is 0 Å². The van der Waals surface area contributed by atoms with Crippen LogP contribution < -0.4 is 9.47 Å². The van der Waals surface area contributed by atoms with Crippen LogP contribution in [0.5, 0.6) is 11.5 Å². The normalized spacial score (nSPS) is 12.1. The third kappa shape index (κ3) is 5.08. The van der Waals surface area contributed by atoms with Gasteiger partial charge in [-0.1, -0.05) is 56.3 Å². The van der Waals surface area contributed by atoms with Crippen LogP contribution in [0.25, 0.3) is 11.0 Å². The topological polar surface area (TPSA) is 36.3 Å². The van der Waals surface area contributed by atoms with Gasteiger partial charge in [-0.25, -0.2) is 4.98 Å². The zero-order valence-electron chi connectivity index (χ0n) is 18.3. The van der Waals surface area contributed by atoms with Crippen LogP contribution in [-0.4, -0.2) is 16.2 Å². The highest BCUT2D eigenvalue weighted by Gasteiger charge is 2.20. The first-order valence-corrected chi connectivity index (χ1v) is 11.2. The van der Waals surface area contributed by atoms with E-state index in [1.165, 1.54) is 5.56 Å². The highest BCUT2D eigenvalue weighted by atomic mass is 16.5. The first kappa shape index (κ1) is 21.0. The molecule has 0 N–H and O–H groups in total. The van der Waals surface area contributed by atoms with E-state index in [1.54, 1.807) is 0 Å². The molecule has 4 rings (SSSR count). The summed E-state index contributed by atoms with van der Waals surface area (Å²) >= 11 is 0. The number of fused-ring (bicyclic) bond motifs is 1. The van der Waals surface area contributed by atoms with Crippen molar-refractivity contribution < 1.29 is 9.47 Å². The molecule has 4 heteroatoms. The number of hydrogen-bond donors (Lipinski definition) is 0. The average molecular weight is 415 g/mol. The molecule has 1 unspecified atom stereocenters. The van der Waals surface area contributed by atoms with Crippen LogP contribution in [0, 0.1) is 0 Å². The second kappa shape index (κ2) is 10.2. The summed E-state index contributed by atoms with van der Waals surface area (Å²) in [6.07, 6.45) is 2.68. The van der Waals surface area contributed by atoms with Crippen molar-refractivity contribution >= 4 is 11.0 Å². The zero-order chi connectivity index (χ0) is 21.5. The molecule has 0 fully saturated rings. The molecule has 1 aromatic heterocycles. The lowest BCUT2D eigenvalue weighted by molar-refractivity contribution is 0.185. The maximum atomic E-state index is 6.30. The lowest BCUT2D eigenvalue weighted by Crippen LogP contribution is -2.15. The molecule has 4 aromatic rings. The maximum absolute atomic E-state index is 6.30. The number of aromatic nitrogens is 2. The van der Waals surface area contributed by atoms with Gasteiger partial charge < -0.3 is 14.0 Å². The molecule has 0 bridgehead atoms. The second-order valence-corrected chi connectivity index (χ2v) is 7.64. The van der Waals surface area contributed by atoms with Gasteiger partial charge in [0.05, 0.1) is 17.6 Å². The van der Waals surface area contributed by atoms with E-state index in [0.29, 0.717) is 6.61 Å². The molecule has 4 nitrogen and oxygen atoms in total.